The second-order valence-corrected chi connectivity index (χ2v) is 8.27. The summed E-state index contributed by atoms with van der Waals surface area (Å²) in [7, 11) is -0.222. The largest absolute Gasteiger partial charge is 0.481 e. The molecule has 1 aliphatic heterocycles. The quantitative estimate of drug-likeness (QED) is 0.828. The number of hydrogen-bond donors (Lipinski definition) is 1. The summed E-state index contributed by atoms with van der Waals surface area (Å²) in [6.45, 7) is 4.42. The molecule has 3 heterocycles. The van der Waals surface area contributed by atoms with Gasteiger partial charge < -0.3 is 10.1 Å². The van der Waals surface area contributed by atoms with Crippen molar-refractivity contribution in [1.82, 2.24) is 24.1 Å². The van der Waals surface area contributed by atoms with Crippen LogP contribution < -0.4 is 10.1 Å². The van der Waals surface area contributed by atoms with Gasteiger partial charge in [0.25, 0.3) is 0 Å². The molecule has 2 aromatic rings. The second kappa shape index (κ2) is 7.20. The van der Waals surface area contributed by atoms with Crippen molar-refractivity contribution >= 4 is 15.8 Å². The lowest BCUT2D eigenvalue weighted by Crippen LogP contribution is -2.42. The fourth-order valence-corrected chi connectivity index (χ4v) is 5.11. The van der Waals surface area contributed by atoms with Crippen molar-refractivity contribution in [1.29, 1.82) is 0 Å². The van der Waals surface area contributed by atoms with Gasteiger partial charge in [0.15, 0.2) is 0 Å². The molecule has 3 rings (SSSR count). The second-order valence-electron chi connectivity index (χ2n) is 6.39. The predicted molar refractivity (Wildman–Crippen MR) is 96.7 cm³/mol. The molecule has 10 heteroatoms. The van der Waals surface area contributed by atoms with Crippen molar-refractivity contribution in [2.24, 2.45) is 7.05 Å². The van der Waals surface area contributed by atoms with Crippen LogP contribution >= 0.6 is 0 Å². The Bertz CT molecular complexity index is 887. The van der Waals surface area contributed by atoms with E-state index >= 15 is 0 Å². The molecule has 0 saturated carbocycles. The van der Waals surface area contributed by atoms with Crippen LogP contribution in [0.4, 0.5) is 5.82 Å². The van der Waals surface area contributed by atoms with Crippen molar-refractivity contribution in [3.05, 3.63) is 23.8 Å². The first-order valence-electron chi connectivity index (χ1n) is 8.46. The Balaban J connectivity index is 1.68. The zero-order chi connectivity index (χ0) is 18.9. The first kappa shape index (κ1) is 18.6. The van der Waals surface area contributed by atoms with E-state index in [2.05, 4.69) is 20.4 Å². The molecular weight excluding hydrogens is 356 g/mol. The first-order valence-corrected chi connectivity index (χ1v) is 9.90. The predicted octanol–water partition coefficient (Wildman–Crippen LogP) is 1.10. The van der Waals surface area contributed by atoms with Crippen molar-refractivity contribution in [2.45, 2.75) is 37.6 Å². The van der Waals surface area contributed by atoms with Crippen molar-refractivity contribution in [2.75, 3.05) is 25.5 Å². The van der Waals surface area contributed by atoms with E-state index in [1.54, 1.807) is 43.1 Å². The van der Waals surface area contributed by atoms with E-state index in [0.717, 1.165) is 0 Å². The van der Waals surface area contributed by atoms with Gasteiger partial charge in [0.05, 0.1) is 18.5 Å². The fourth-order valence-electron chi connectivity index (χ4n) is 3.24. The highest BCUT2D eigenvalue weighted by Gasteiger charge is 2.33. The molecule has 0 aliphatic carbocycles. The van der Waals surface area contributed by atoms with Gasteiger partial charge in [0.2, 0.25) is 15.9 Å². The van der Waals surface area contributed by atoms with Crippen molar-refractivity contribution in [3.63, 3.8) is 0 Å². The molecule has 0 unspecified atom stereocenters. The SMILES string of the molecule is COc1cc(NC2CCN(S(=O)(=O)c3c(C)nn(C)c3C)CC2)ncn1. The van der Waals surface area contributed by atoms with Crippen LogP contribution in [0.2, 0.25) is 0 Å². The number of aromatic nitrogens is 4. The molecule has 0 amide bonds. The normalized spacial score (nSPS) is 16.6. The Hall–Kier alpha value is -2.20. The monoisotopic (exact) mass is 380 g/mol. The van der Waals surface area contributed by atoms with E-state index in [1.165, 1.54) is 6.33 Å². The highest BCUT2D eigenvalue weighted by Crippen LogP contribution is 2.26. The maximum Gasteiger partial charge on any atom is 0.246 e. The zero-order valence-electron chi connectivity index (χ0n) is 15.4. The molecule has 2 aromatic heterocycles. The maximum atomic E-state index is 13.0. The van der Waals surface area contributed by atoms with Gasteiger partial charge in [0.1, 0.15) is 17.0 Å². The summed E-state index contributed by atoms with van der Waals surface area (Å²) >= 11 is 0. The topological polar surface area (TPSA) is 102 Å². The summed E-state index contributed by atoms with van der Waals surface area (Å²) in [6, 6.07) is 1.88. The van der Waals surface area contributed by atoms with Gasteiger partial charge in [-0.1, -0.05) is 0 Å². The summed E-state index contributed by atoms with van der Waals surface area (Å²) in [5, 5.41) is 7.56. The number of aryl methyl sites for hydroxylation is 2. The lowest BCUT2D eigenvalue weighted by molar-refractivity contribution is 0.329. The molecule has 0 atom stereocenters. The number of nitrogens with zero attached hydrogens (tertiary/aromatic N) is 5. The summed E-state index contributed by atoms with van der Waals surface area (Å²) in [5.41, 5.74) is 1.20. The minimum atomic E-state index is -3.53. The molecule has 26 heavy (non-hydrogen) atoms. The van der Waals surface area contributed by atoms with E-state index in [4.69, 9.17) is 4.74 Å². The molecule has 1 aliphatic rings. The van der Waals surface area contributed by atoms with Gasteiger partial charge in [-0.05, 0) is 26.7 Å². The molecular formula is C16H24N6O3S. The number of hydrogen-bond acceptors (Lipinski definition) is 7. The Morgan fingerprint density at radius 3 is 2.50 bits per heavy atom. The Morgan fingerprint density at radius 2 is 1.92 bits per heavy atom. The highest BCUT2D eigenvalue weighted by atomic mass is 32.2. The number of sulfonamides is 1. The average molecular weight is 380 g/mol. The smallest absolute Gasteiger partial charge is 0.246 e. The molecule has 0 radical (unpaired) electrons. The molecule has 142 valence electrons. The van der Waals surface area contributed by atoms with Crippen LogP contribution in [0.5, 0.6) is 5.88 Å². The van der Waals surface area contributed by atoms with Crippen LogP contribution in [0.3, 0.4) is 0 Å². The van der Waals surface area contributed by atoms with Crippen LogP contribution in [0, 0.1) is 13.8 Å². The zero-order valence-corrected chi connectivity index (χ0v) is 16.2. The van der Waals surface area contributed by atoms with Gasteiger partial charge in [-0.3, -0.25) is 4.68 Å². The average Bonchev–Trinajstić information content (AvgIpc) is 2.88. The van der Waals surface area contributed by atoms with E-state index in [0.29, 0.717) is 53.9 Å². The number of rotatable bonds is 5. The fraction of sp³-hybridized carbons (Fsp3) is 0.562. The minimum absolute atomic E-state index is 0.150. The summed E-state index contributed by atoms with van der Waals surface area (Å²) < 4.78 is 34.3. The third-order valence-electron chi connectivity index (χ3n) is 4.70. The first-order chi connectivity index (χ1) is 12.3. The third kappa shape index (κ3) is 3.51. The Labute approximate surface area is 153 Å². The van der Waals surface area contributed by atoms with Gasteiger partial charge in [-0.15, -0.1) is 0 Å². The van der Waals surface area contributed by atoms with Crippen LogP contribution in [-0.2, 0) is 17.1 Å². The van der Waals surface area contributed by atoms with E-state index in [1.807, 2.05) is 0 Å². The van der Waals surface area contributed by atoms with Gasteiger partial charge in [0, 0.05) is 32.2 Å². The Morgan fingerprint density at radius 1 is 1.23 bits per heavy atom. The minimum Gasteiger partial charge on any atom is -0.481 e. The van der Waals surface area contributed by atoms with Crippen molar-refractivity contribution in [3.8, 4) is 5.88 Å². The number of piperidine rings is 1. The van der Waals surface area contributed by atoms with E-state index in [-0.39, 0.29) is 6.04 Å². The molecule has 0 aromatic carbocycles. The summed E-state index contributed by atoms with van der Waals surface area (Å²) in [5.74, 6) is 1.17. The number of nitrogens with one attached hydrogen (secondary N) is 1. The lowest BCUT2D eigenvalue weighted by atomic mass is 10.1. The molecule has 1 saturated heterocycles. The van der Waals surface area contributed by atoms with Crippen molar-refractivity contribution < 1.29 is 13.2 Å². The molecule has 1 fully saturated rings. The number of methoxy groups -OCH3 is 1. The van der Waals surface area contributed by atoms with Gasteiger partial charge >= 0.3 is 0 Å². The Kier molecular flexibility index (Phi) is 5.15. The van der Waals surface area contributed by atoms with Crippen LogP contribution in [0.1, 0.15) is 24.2 Å². The van der Waals surface area contributed by atoms with E-state index in [9.17, 15) is 8.42 Å². The molecule has 1 N–H and O–H groups in total. The molecule has 0 bridgehead atoms. The van der Waals surface area contributed by atoms with Crippen LogP contribution in [0.15, 0.2) is 17.3 Å². The lowest BCUT2D eigenvalue weighted by Gasteiger charge is -2.31. The molecule has 0 spiro atoms. The van der Waals surface area contributed by atoms with Gasteiger partial charge in [-0.2, -0.15) is 9.40 Å². The van der Waals surface area contributed by atoms with E-state index < -0.39 is 10.0 Å². The third-order valence-corrected chi connectivity index (χ3v) is 6.85. The standard InChI is InChI=1S/C16H24N6O3S/c1-11-16(12(2)21(3)20-11)26(23,24)22-7-5-13(6-8-22)19-14-9-15(25-4)18-10-17-14/h9-10,13H,5-8H2,1-4H3,(H,17,18,19). The van der Waals surface area contributed by atoms with Crippen LogP contribution in [0.25, 0.3) is 0 Å². The number of ether oxygens (including phenoxy) is 1. The van der Waals surface area contributed by atoms with Gasteiger partial charge in [-0.25, -0.2) is 18.4 Å². The maximum absolute atomic E-state index is 13.0. The number of anilines is 1. The summed E-state index contributed by atoms with van der Waals surface area (Å²) in [4.78, 5) is 8.48. The molecule has 9 nitrogen and oxygen atoms in total. The highest BCUT2D eigenvalue weighted by molar-refractivity contribution is 7.89. The van der Waals surface area contributed by atoms with Crippen LogP contribution in [-0.4, -0.2) is 58.7 Å². The summed E-state index contributed by atoms with van der Waals surface area (Å²) in [6.07, 6.45) is 2.84.